The molecule has 1 heterocycles. The summed E-state index contributed by atoms with van der Waals surface area (Å²) in [5.74, 6) is 1.27. The normalized spacial score (nSPS) is 11.0. The molecule has 0 aliphatic rings. The number of ether oxygens (including phenoxy) is 2. The van der Waals surface area contributed by atoms with Gasteiger partial charge in [-0.25, -0.2) is 4.98 Å². The Hall–Kier alpha value is -2.89. The molecule has 136 valence electrons. The molecule has 0 radical (unpaired) electrons. The maximum atomic E-state index is 9.43. The average molecular weight is 443 g/mol. The van der Waals surface area contributed by atoms with Crippen LogP contribution in [0.4, 0.5) is 5.69 Å². The predicted molar refractivity (Wildman–Crippen MR) is 111 cm³/mol. The third-order valence-electron chi connectivity index (χ3n) is 3.63. The van der Waals surface area contributed by atoms with Crippen molar-refractivity contribution in [3.63, 3.8) is 0 Å². The smallest absolute Gasteiger partial charge is 0.196 e. The highest BCUT2D eigenvalue weighted by Gasteiger charge is 2.12. The molecule has 0 saturated heterocycles. The number of hydrogen-bond donors (Lipinski definition) is 1. The van der Waals surface area contributed by atoms with Gasteiger partial charge in [0.05, 0.1) is 25.6 Å². The SMILES string of the molecule is COc1ccc(-c2csc(C(C#N)=NNc3ccc(Br)cc3)n2)cc1OC. The van der Waals surface area contributed by atoms with Crippen LogP contribution in [0.3, 0.4) is 0 Å². The molecule has 3 aromatic rings. The number of nitrogens with one attached hydrogen (secondary N) is 1. The molecule has 2 aromatic carbocycles. The first-order valence-electron chi connectivity index (χ1n) is 7.82. The van der Waals surface area contributed by atoms with Crippen molar-refractivity contribution in [2.45, 2.75) is 0 Å². The number of nitrogens with zero attached hydrogens (tertiary/aromatic N) is 3. The monoisotopic (exact) mass is 442 g/mol. The molecule has 0 saturated carbocycles. The second-order valence-electron chi connectivity index (χ2n) is 5.30. The first-order chi connectivity index (χ1) is 13.1. The topological polar surface area (TPSA) is 79.5 Å². The number of benzene rings is 2. The summed E-state index contributed by atoms with van der Waals surface area (Å²) in [6.45, 7) is 0. The Balaban J connectivity index is 1.84. The van der Waals surface area contributed by atoms with Gasteiger partial charge in [-0.15, -0.1) is 11.3 Å². The Bertz CT molecular complexity index is 1010. The lowest BCUT2D eigenvalue weighted by Crippen LogP contribution is -2.01. The Morgan fingerprint density at radius 3 is 2.56 bits per heavy atom. The summed E-state index contributed by atoms with van der Waals surface area (Å²) in [5.41, 5.74) is 5.48. The van der Waals surface area contributed by atoms with Crippen LogP contribution in [0, 0.1) is 11.3 Å². The molecule has 27 heavy (non-hydrogen) atoms. The number of methoxy groups -OCH3 is 2. The highest BCUT2D eigenvalue weighted by Crippen LogP contribution is 2.32. The summed E-state index contributed by atoms with van der Waals surface area (Å²) in [4.78, 5) is 4.53. The van der Waals surface area contributed by atoms with Crippen molar-refractivity contribution < 1.29 is 9.47 Å². The van der Waals surface area contributed by atoms with Crippen LogP contribution < -0.4 is 14.9 Å². The molecule has 0 aliphatic carbocycles. The van der Waals surface area contributed by atoms with E-state index in [0.29, 0.717) is 16.5 Å². The summed E-state index contributed by atoms with van der Waals surface area (Å²) in [6.07, 6.45) is 0. The van der Waals surface area contributed by atoms with E-state index in [1.165, 1.54) is 11.3 Å². The molecular weight excluding hydrogens is 428 g/mol. The van der Waals surface area contributed by atoms with Crippen molar-refractivity contribution in [2.24, 2.45) is 5.10 Å². The van der Waals surface area contributed by atoms with Crippen molar-refractivity contribution in [3.8, 4) is 28.8 Å². The minimum absolute atomic E-state index is 0.217. The second-order valence-corrected chi connectivity index (χ2v) is 7.07. The minimum atomic E-state index is 0.217. The molecule has 0 spiro atoms. The lowest BCUT2D eigenvalue weighted by molar-refractivity contribution is 0.355. The van der Waals surface area contributed by atoms with Gasteiger partial charge >= 0.3 is 0 Å². The maximum absolute atomic E-state index is 9.43. The summed E-state index contributed by atoms with van der Waals surface area (Å²) in [5, 5.41) is 16.0. The molecule has 8 heteroatoms. The number of nitriles is 1. The van der Waals surface area contributed by atoms with Gasteiger partial charge in [0.1, 0.15) is 6.07 Å². The minimum Gasteiger partial charge on any atom is -0.493 e. The number of hydrogen-bond acceptors (Lipinski definition) is 7. The van der Waals surface area contributed by atoms with Crippen molar-refractivity contribution in [1.82, 2.24) is 4.98 Å². The zero-order valence-corrected chi connectivity index (χ0v) is 17.0. The maximum Gasteiger partial charge on any atom is 0.196 e. The predicted octanol–water partition coefficient (Wildman–Crippen LogP) is 4.93. The Labute approximate surface area is 169 Å². The van der Waals surface area contributed by atoms with Crippen molar-refractivity contribution >= 4 is 38.7 Å². The molecule has 1 N–H and O–H groups in total. The van der Waals surface area contributed by atoms with Gasteiger partial charge in [-0.05, 0) is 42.5 Å². The molecular formula is C19H15BrN4O2S. The summed E-state index contributed by atoms with van der Waals surface area (Å²) in [7, 11) is 3.18. The van der Waals surface area contributed by atoms with E-state index in [-0.39, 0.29) is 5.71 Å². The van der Waals surface area contributed by atoms with Gasteiger partial charge in [0.25, 0.3) is 0 Å². The van der Waals surface area contributed by atoms with Gasteiger partial charge in [0.15, 0.2) is 22.2 Å². The largest absolute Gasteiger partial charge is 0.493 e. The highest BCUT2D eigenvalue weighted by atomic mass is 79.9. The van der Waals surface area contributed by atoms with Crippen LogP contribution in [0.1, 0.15) is 5.01 Å². The summed E-state index contributed by atoms with van der Waals surface area (Å²) < 4.78 is 11.6. The third kappa shape index (κ3) is 4.45. The first-order valence-corrected chi connectivity index (χ1v) is 9.49. The molecule has 0 aliphatic heterocycles. The van der Waals surface area contributed by atoms with E-state index < -0.39 is 0 Å². The number of aromatic nitrogens is 1. The van der Waals surface area contributed by atoms with Crippen LogP contribution >= 0.6 is 27.3 Å². The Morgan fingerprint density at radius 1 is 1.15 bits per heavy atom. The van der Waals surface area contributed by atoms with Gasteiger partial charge in [-0.1, -0.05) is 15.9 Å². The third-order valence-corrected chi connectivity index (χ3v) is 5.01. The Kier molecular flexibility index (Phi) is 6.06. The quantitative estimate of drug-likeness (QED) is 0.432. The number of anilines is 1. The van der Waals surface area contributed by atoms with Gasteiger partial charge in [-0.2, -0.15) is 10.4 Å². The lowest BCUT2D eigenvalue weighted by Gasteiger charge is -2.08. The molecule has 0 fully saturated rings. The van der Waals surface area contributed by atoms with Crippen molar-refractivity contribution in [2.75, 3.05) is 19.6 Å². The van der Waals surface area contributed by atoms with Gasteiger partial charge in [0, 0.05) is 15.4 Å². The average Bonchev–Trinajstić information content (AvgIpc) is 3.19. The van der Waals surface area contributed by atoms with Gasteiger partial charge < -0.3 is 9.47 Å². The highest BCUT2D eigenvalue weighted by molar-refractivity contribution is 9.10. The van der Waals surface area contributed by atoms with Gasteiger partial charge in [0.2, 0.25) is 0 Å². The molecule has 1 aromatic heterocycles. The summed E-state index contributed by atoms with van der Waals surface area (Å²) in [6, 6.07) is 15.2. The van der Waals surface area contributed by atoms with E-state index in [1.807, 2.05) is 47.8 Å². The van der Waals surface area contributed by atoms with E-state index in [1.54, 1.807) is 14.2 Å². The molecule has 3 rings (SSSR count). The van der Waals surface area contributed by atoms with Crippen molar-refractivity contribution in [3.05, 3.63) is 57.3 Å². The van der Waals surface area contributed by atoms with Crippen LogP contribution in [0.25, 0.3) is 11.3 Å². The molecule has 0 atom stereocenters. The summed E-state index contributed by atoms with van der Waals surface area (Å²) >= 11 is 4.73. The van der Waals surface area contributed by atoms with Crippen LogP contribution in [0.15, 0.2) is 57.4 Å². The van der Waals surface area contributed by atoms with Crippen LogP contribution in [0.5, 0.6) is 11.5 Å². The Morgan fingerprint density at radius 2 is 1.89 bits per heavy atom. The number of rotatable bonds is 6. The number of halogens is 1. The molecule has 0 unspecified atom stereocenters. The van der Waals surface area contributed by atoms with Crippen LogP contribution in [-0.4, -0.2) is 24.9 Å². The van der Waals surface area contributed by atoms with E-state index >= 15 is 0 Å². The zero-order valence-electron chi connectivity index (χ0n) is 14.6. The lowest BCUT2D eigenvalue weighted by atomic mass is 10.1. The first kappa shape index (κ1) is 18.9. The second kappa shape index (κ2) is 8.66. The fraction of sp³-hybridized carbons (Fsp3) is 0.105. The van der Waals surface area contributed by atoms with E-state index in [4.69, 9.17) is 9.47 Å². The zero-order chi connectivity index (χ0) is 19.2. The molecule has 0 bridgehead atoms. The van der Waals surface area contributed by atoms with E-state index in [9.17, 15) is 5.26 Å². The van der Waals surface area contributed by atoms with Gasteiger partial charge in [-0.3, -0.25) is 5.43 Å². The fourth-order valence-corrected chi connectivity index (χ4v) is 3.31. The molecule has 6 nitrogen and oxygen atoms in total. The number of hydrazone groups is 1. The molecule has 0 amide bonds. The van der Waals surface area contributed by atoms with E-state index in [0.717, 1.165) is 21.4 Å². The van der Waals surface area contributed by atoms with Crippen molar-refractivity contribution in [1.29, 1.82) is 5.26 Å². The standard InChI is InChI=1S/C19H15BrN4O2S/c1-25-17-8-3-12(9-18(17)26-2)16-11-27-19(22-16)15(10-21)24-23-14-6-4-13(20)5-7-14/h3-9,11,23H,1-2H3. The van der Waals surface area contributed by atoms with Crippen LogP contribution in [-0.2, 0) is 0 Å². The van der Waals surface area contributed by atoms with Crippen LogP contribution in [0.2, 0.25) is 0 Å². The number of thiazole rings is 1. The fourth-order valence-electron chi connectivity index (χ4n) is 2.28. The van der Waals surface area contributed by atoms with E-state index in [2.05, 4.69) is 37.5 Å².